The van der Waals surface area contributed by atoms with Gasteiger partial charge < -0.3 is 4.52 Å². The highest BCUT2D eigenvalue weighted by Gasteiger charge is 2.24. The molecule has 6 nitrogen and oxygen atoms in total. The zero-order valence-corrected chi connectivity index (χ0v) is 14.8. The van der Waals surface area contributed by atoms with Gasteiger partial charge >= 0.3 is 0 Å². The smallest absolute Gasteiger partial charge is 0.151 e. The van der Waals surface area contributed by atoms with Gasteiger partial charge in [-0.15, -0.1) is 11.3 Å². The SMILES string of the molecule is Cc1c(-c2cc(CN3CCCC(c4nccs4)C3)on2)cnn1C. The molecule has 0 N–H and O–H groups in total. The maximum absolute atomic E-state index is 5.57. The van der Waals surface area contributed by atoms with Crippen molar-refractivity contribution in [3.8, 4) is 11.3 Å². The summed E-state index contributed by atoms with van der Waals surface area (Å²) >= 11 is 1.76. The van der Waals surface area contributed by atoms with Gasteiger partial charge in [-0.3, -0.25) is 9.58 Å². The van der Waals surface area contributed by atoms with Crippen LogP contribution >= 0.6 is 11.3 Å². The van der Waals surface area contributed by atoms with E-state index in [-0.39, 0.29) is 0 Å². The molecule has 0 aliphatic carbocycles. The van der Waals surface area contributed by atoms with E-state index in [1.807, 2.05) is 37.1 Å². The topological polar surface area (TPSA) is 60.0 Å². The summed E-state index contributed by atoms with van der Waals surface area (Å²) in [5.74, 6) is 1.45. The van der Waals surface area contributed by atoms with E-state index >= 15 is 0 Å². The van der Waals surface area contributed by atoms with Crippen molar-refractivity contribution in [3.63, 3.8) is 0 Å². The molecule has 1 fully saturated rings. The third-order valence-corrected chi connectivity index (χ3v) is 5.69. The fourth-order valence-electron chi connectivity index (χ4n) is 3.32. The third kappa shape index (κ3) is 3.01. The van der Waals surface area contributed by atoms with Gasteiger partial charge in [-0.25, -0.2) is 4.98 Å². The van der Waals surface area contributed by atoms with E-state index < -0.39 is 0 Å². The standard InChI is InChI=1S/C17H21N5OS/c1-12-15(9-19-21(12)2)16-8-14(23-20-16)11-22-6-3-4-13(10-22)17-18-5-7-24-17/h5,7-9,13H,3-4,6,10-11H2,1-2H3. The molecule has 0 spiro atoms. The number of piperidine rings is 1. The molecule has 0 aromatic carbocycles. The molecule has 4 heterocycles. The second-order valence-corrected chi connectivity index (χ2v) is 7.32. The monoisotopic (exact) mass is 343 g/mol. The van der Waals surface area contributed by atoms with Gasteiger partial charge in [-0.2, -0.15) is 5.10 Å². The number of nitrogens with zero attached hydrogens (tertiary/aromatic N) is 5. The second-order valence-electron chi connectivity index (χ2n) is 6.39. The van der Waals surface area contributed by atoms with Gasteiger partial charge in [0.2, 0.25) is 0 Å². The molecule has 0 bridgehead atoms. The fourth-order valence-corrected chi connectivity index (χ4v) is 4.09. The average molecular weight is 343 g/mol. The molecular formula is C17H21N5OS. The minimum absolute atomic E-state index is 0.543. The summed E-state index contributed by atoms with van der Waals surface area (Å²) in [6.07, 6.45) is 6.17. The van der Waals surface area contributed by atoms with Crippen LogP contribution in [0.2, 0.25) is 0 Å². The summed E-state index contributed by atoms with van der Waals surface area (Å²) in [6.45, 7) is 4.98. The van der Waals surface area contributed by atoms with E-state index in [0.717, 1.165) is 42.3 Å². The summed E-state index contributed by atoms with van der Waals surface area (Å²) in [4.78, 5) is 6.92. The Bertz CT molecular complexity index is 807. The van der Waals surface area contributed by atoms with Crippen LogP contribution in [0.4, 0.5) is 0 Å². The maximum Gasteiger partial charge on any atom is 0.151 e. The number of rotatable bonds is 4. The Balaban J connectivity index is 1.45. The van der Waals surface area contributed by atoms with Crippen molar-refractivity contribution >= 4 is 11.3 Å². The summed E-state index contributed by atoms with van der Waals surface area (Å²) in [5.41, 5.74) is 2.99. The van der Waals surface area contributed by atoms with Crippen LogP contribution in [-0.2, 0) is 13.6 Å². The van der Waals surface area contributed by atoms with Crippen LogP contribution in [0.25, 0.3) is 11.3 Å². The van der Waals surface area contributed by atoms with Gasteiger partial charge in [0.15, 0.2) is 5.76 Å². The summed E-state index contributed by atoms with van der Waals surface area (Å²) in [5, 5.41) is 11.8. The molecule has 1 aliphatic rings. The van der Waals surface area contributed by atoms with Crippen molar-refractivity contribution in [1.82, 2.24) is 24.8 Å². The first-order valence-electron chi connectivity index (χ1n) is 8.27. The van der Waals surface area contributed by atoms with E-state index in [1.54, 1.807) is 11.3 Å². The van der Waals surface area contributed by atoms with Crippen molar-refractivity contribution in [1.29, 1.82) is 0 Å². The molecule has 4 rings (SSSR count). The van der Waals surface area contributed by atoms with Crippen molar-refractivity contribution in [2.24, 2.45) is 7.05 Å². The predicted octanol–water partition coefficient (Wildman–Crippen LogP) is 3.22. The zero-order chi connectivity index (χ0) is 16.5. The van der Waals surface area contributed by atoms with Crippen LogP contribution in [0.15, 0.2) is 28.4 Å². The Morgan fingerprint density at radius 1 is 1.42 bits per heavy atom. The van der Waals surface area contributed by atoms with Crippen molar-refractivity contribution in [2.45, 2.75) is 32.2 Å². The lowest BCUT2D eigenvalue weighted by Gasteiger charge is -2.30. The number of hydrogen-bond donors (Lipinski definition) is 0. The van der Waals surface area contributed by atoms with Gasteiger partial charge in [0.1, 0.15) is 5.69 Å². The molecule has 1 saturated heterocycles. The van der Waals surface area contributed by atoms with Gasteiger partial charge in [-0.1, -0.05) is 5.16 Å². The molecule has 7 heteroatoms. The Labute approximate surface area is 145 Å². The molecular weight excluding hydrogens is 322 g/mol. The Hall–Kier alpha value is -1.99. The van der Waals surface area contributed by atoms with Gasteiger partial charge in [0.05, 0.1) is 17.7 Å². The largest absolute Gasteiger partial charge is 0.359 e. The highest BCUT2D eigenvalue weighted by atomic mass is 32.1. The second kappa shape index (κ2) is 6.49. The van der Waals surface area contributed by atoms with Crippen LogP contribution < -0.4 is 0 Å². The Morgan fingerprint density at radius 3 is 3.08 bits per heavy atom. The van der Waals surface area contributed by atoms with Crippen LogP contribution in [0.1, 0.15) is 35.2 Å². The molecule has 0 saturated carbocycles. The molecule has 1 unspecified atom stereocenters. The number of aromatic nitrogens is 4. The number of hydrogen-bond acceptors (Lipinski definition) is 6. The first-order chi connectivity index (χ1) is 11.7. The number of aryl methyl sites for hydroxylation is 1. The van der Waals surface area contributed by atoms with E-state index in [1.165, 1.54) is 17.8 Å². The molecule has 1 aliphatic heterocycles. The third-order valence-electron chi connectivity index (χ3n) is 4.76. The lowest BCUT2D eigenvalue weighted by Crippen LogP contribution is -2.33. The number of thiazole rings is 1. The molecule has 3 aromatic heterocycles. The predicted molar refractivity (Wildman–Crippen MR) is 92.8 cm³/mol. The molecule has 24 heavy (non-hydrogen) atoms. The van der Waals surface area contributed by atoms with Crippen LogP contribution in [0.3, 0.4) is 0 Å². The zero-order valence-electron chi connectivity index (χ0n) is 14.0. The van der Waals surface area contributed by atoms with Gasteiger partial charge in [-0.05, 0) is 26.3 Å². The molecule has 1 atom stereocenters. The summed E-state index contributed by atoms with van der Waals surface area (Å²) in [6, 6.07) is 2.04. The van der Waals surface area contributed by atoms with Crippen molar-refractivity contribution < 1.29 is 4.52 Å². The summed E-state index contributed by atoms with van der Waals surface area (Å²) in [7, 11) is 1.94. The van der Waals surface area contributed by atoms with Crippen LogP contribution in [0.5, 0.6) is 0 Å². The lowest BCUT2D eigenvalue weighted by molar-refractivity contribution is 0.180. The van der Waals surface area contributed by atoms with Crippen molar-refractivity contribution in [3.05, 3.63) is 40.3 Å². The molecule has 3 aromatic rings. The van der Waals surface area contributed by atoms with Gasteiger partial charge in [0, 0.05) is 48.4 Å². The van der Waals surface area contributed by atoms with Gasteiger partial charge in [0.25, 0.3) is 0 Å². The lowest BCUT2D eigenvalue weighted by atomic mass is 9.98. The molecule has 0 amide bonds. The molecule has 0 radical (unpaired) electrons. The van der Waals surface area contributed by atoms with E-state index in [4.69, 9.17) is 4.52 Å². The van der Waals surface area contributed by atoms with Crippen LogP contribution in [-0.4, -0.2) is 37.9 Å². The normalized spacial score (nSPS) is 19.0. The average Bonchev–Trinajstić information content (AvgIpc) is 3.31. The van der Waals surface area contributed by atoms with E-state index in [9.17, 15) is 0 Å². The minimum Gasteiger partial charge on any atom is -0.359 e. The van der Waals surface area contributed by atoms with Crippen molar-refractivity contribution in [2.75, 3.05) is 13.1 Å². The fraction of sp³-hybridized carbons (Fsp3) is 0.471. The summed E-state index contributed by atoms with van der Waals surface area (Å²) < 4.78 is 7.42. The highest BCUT2D eigenvalue weighted by molar-refractivity contribution is 7.09. The quantitative estimate of drug-likeness (QED) is 0.728. The van der Waals surface area contributed by atoms with E-state index in [2.05, 4.69) is 25.5 Å². The first kappa shape index (κ1) is 15.5. The van der Waals surface area contributed by atoms with E-state index in [0.29, 0.717) is 5.92 Å². The van der Waals surface area contributed by atoms with Crippen LogP contribution in [0, 0.1) is 6.92 Å². The minimum atomic E-state index is 0.543. The molecule has 126 valence electrons. The number of likely N-dealkylation sites (tertiary alicyclic amines) is 1. The first-order valence-corrected chi connectivity index (χ1v) is 9.15. The highest BCUT2D eigenvalue weighted by Crippen LogP contribution is 2.29. The maximum atomic E-state index is 5.57. The Kier molecular flexibility index (Phi) is 4.20. The Morgan fingerprint density at radius 2 is 2.33 bits per heavy atom.